The first-order valence-corrected chi connectivity index (χ1v) is 9.31. The first-order chi connectivity index (χ1) is 10.3. The van der Waals surface area contributed by atoms with Gasteiger partial charge in [0.1, 0.15) is 5.75 Å². The summed E-state index contributed by atoms with van der Waals surface area (Å²) in [6.45, 7) is 6.26. The summed E-state index contributed by atoms with van der Waals surface area (Å²) >= 11 is 0. The van der Waals surface area contributed by atoms with Gasteiger partial charge in [-0.15, -0.1) is 0 Å². The Morgan fingerprint density at radius 3 is 2.68 bits per heavy atom. The molecule has 2 atom stereocenters. The smallest absolute Gasteiger partial charge is 0.240 e. The molecule has 0 radical (unpaired) electrons. The molecule has 2 unspecified atom stereocenters. The number of aryl methyl sites for hydroxylation is 1. The molecule has 0 aliphatic heterocycles. The van der Waals surface area contributed by atoms with Crippen LogP contribution in [0.2, 0.25) is 0 Å². The minimum atomic E-state index is -3.52. The fourth-order valence-corrected chi connectivity index (χ4v) is 4.34. The number of ether oxygens (including phenoxy) is 1. The Hall–Kier alpha value is -1.11. The SMILES string of the molecule is Cc1cc(S(=O)(=O)NC2CCCC2CN)ccc1OC(C)C. The van der Waals surface area contributed by atoms with Crippen LogP contribution in [0.25, 0.3) is 0 Å². The number of rotatable bonds is 6. The molecule has 1 fully saturated rings. The van der Waals surface area contributed by atoms with E-state index < -0.39 is 10.0 Å². The quantitative estimate of drug-likeness (QED) is 0.839. The highest BCUT2D eigenvalue weighted by molar-refractivity contribution is 7.89. The Balaban J connectivity index is 2.17. The number of hydrogen-bond acceptors (Lipinski definition) is 4. The van der Waals surface area contributed by atoms with E-state index in [2.05, 4.69) is 4.72 Å². The number of nitrogens with two attached hydrogens (primary N) is 1. The van der Waals surface area contributed by atoms with Gasteiger partial charge in [-0.2, -0.15) is 0 Å². The lowest BCUT2D eigenvalue weighted by Crippen LogP contribution is -2.39. The first kappa shape index (κ1) is 17.2. The van der Waals surface area contributed by atoms with E-state index in [0.717, 1.165) is 30.6 Å². The predicted octanol–water partition coefficient (Wildman–Crippen LogP) is 2.19. The molecule has 6 heteroatoms. The van der Waals surface area contributed by atoms with Crippen LogP contribution in [0.15, 0.2) is 23.1 Å². The Bertz CT molecular complexity index is 614. The number of benzene rings is 1. The molecule has 1 aromatic rings. The molecule has 1 aromatic carbocycles. The van der Waals surface area contributed by atoms with E-state index in [9.17, 15) is 8.42 Å². The maximum Gasteiger partial charge on any atom is 0.240 e. The van der Waals surface area contributed by atoms with Crippen molar-refractivity contribution in [3.8, 4) is 5.75 Å². The fourth-order valence-electron chi connectivity index (χ4n) is 2.92. The molecular formula is C16H26N2O3S. The lowest BCUT2D eigenvalue weighted by Gasteiger charge is -2.20. The first-order valence-electron chi connectivity index (χ1n) is 7.83. The maximum atomic E-state index is 12.5. The van der Waals surface area contributed by atoms with Crippen LogP contribution in [-0.4, -0.2) is 27.1 Å². The van der Waals surface area contributed by atoms with Gasteiger partial charge in [0.2, 0.25) is 10.0 Å². The number of hydrogen-bond donors (Lipinski definition) is 2. The summed E-state index contributed by atoms with van der Waals surface area (Å²) in [6, 6.07) is 4.92. The Labute approximate surface area is 133 Å². The van der Waals surface area contributed by atoms with Gasteiger partial charge >= 0.3 is 0 Å². The van der Waals surface area contributed by atoms with E-state index in [1.807, 2.05) is 20.8 Å². The van der Waals surface area contributed by atoms with Crippen molar-refractivity contribution in [1.29, 1.82) is 0 Å². The second-order valence-electron chi connectivity index (χ2n) is 6.25. The van der Waals surface area contributed by atoms with Crippen LogP contribution >= 0.6 is 0 Å². The normalized spacial score (nSPS) is 22.2. The molecule has 0 amide bonds. The zero-order valence-electron chi connectivity index (χ0n) is 13.5. The molecule has 1 saturated carbocycles. The molecule has 0 spiro atoms. The van der Waals surface area contributed by atoms with Crippen LogP contribution in [-0.2, 0) is 10.0 Å². The zero-order chi connectivity index (χ0) is 16.3. The summed E-state index contributed by atoms with van der Waals surface area (Å²) in [5.41, 5.74) is 6.54. The van der Waals surface area contributed by atoms with Crippen molar-refractivity contribution < 1.29 is 13.2 Å². The van der Waals surface area contributed by atoms with Crippen LogP contribution in [0.5, 0.6) is 5.75 Å². The highest BCUT2D eigenvalue weighted by atomic mass is 32.2. The minimum absolute atomic E-state index is 0.0538. The molecule has 124 valence electrons. The molecule has 0 aromatic heterocycles. The third kappa shape index (κ3) is 4.00. The van der Waals surface area contributed by atoms with Gasteiger partial charge in [-0.25, -0.2) is 13.1 Å². The van der Waals surface area contributed by atoms with E-state index in [0.29, 0.717) is 6.54 Å². The van der Waals surface area contributed by atoms with Gasteiger partial charge < -0.3 is 10.5 Å². The third-order valence-corrected chi connectivity index (χ3v) is 5.58. The fraction of sp³-hybridized carbons (Fsp3) is 0.625. The Morgan fingerprint density at radius 1 is 1.36 bits per heavy atom. The molecule has 1 aliphatic carbocycles. The van der Waals surface area contributed by atoms with Crippen molar-refractivity contribution in [2.75, 3.05) is 6.54 Å². The molecule has 0 heterocycles. The molecule has 0 saturated heterocycles. The molecule has 0 bridgehead atoms. The molecule has 2 rings (SSSR count). The van der Waals surface area contributed by atoms with Crippen LogP contribution in [0.4, 0.5) is 0 Å². The van der Waals surface area contributed by atoms with Gasteiger partial charge in [0, 0.05) is 6.04 Å². The molecule has 1 aliphatic rings. The lowest BCUT2D eigenvalue weighted by molar-refractivity contribution is 0.240. The lowest BCUT2D eigenvalue weighted by atomic mass is 10.1. The van der Waals surface area contributed by atoms with Gasteiger partial charge in [0.25, 0.3) is 0 Å². The van der Waals surface area contributed by atoms with Crippen LogP contribution in [0, 0.1) is 12.8 Å². The van der Waals surface area contributed by atoms with Crippen LogP contribution in [0.1, 0.15) is 38.7 Å². The highest BCUT2D eigenvalue weighted by Gasteiger charge is 2.30. The third-order valence-electron chi connectivity index (χ3n) is 4.09. The predicted molar refractivity (Wildman–Crippen MR) is 87.4 cm³/mol. The van der Waals surface area contributed by atoms with Gasteiger partial charge in [0.05, 0.1) is 11.0 Å². The average Bonchev–Trinajstić information content (AvgIpc) is 2.87. The summed E-state index contributed by atoms with van der Waals surface area (Å²) < 4.78 is 33.5. The number of nitrogens with one attached hydrogen (secondary N) is 1. The molecule has 3 N–H and O–H groups in total. The molecule has 22 heavy (non-hydrogen) atoms. The van der Waals surface area contributed by atoms with Crippen molar-refractivity contribution in [1.82, 2.24) is 4.72 Å². The largest absolute Gasteiger partial charge is 0.491 e. The van der Waals surface area contributed by atoms with Gasteiger partial charge in [0.15, 0.2) is 0 Å². The molecular weight excluding hydrogens is 300 g/mol. The van der Waals surface area contributed by atoms with Crippen LogP contribution < -0.4 is 15.2 Å². The van der Waals surface area contributed by atoms with E-state index in [-0.39, 0.29) is 23.0 Å². The van der Waals surface area contributed by atoms with E-state index in [1.54, 1.807) is 18.2 Å². The van der Waals surface area contributed by atoms with E-state index >= 15 is 0 Å². The average molecular weight is 326 g/mol. The maximum absolute atomic E-state index is 12.5. The van der Waals surface area contributed by atoms with Crippen molar-refractivity contribution >= 4 is 10.0 Å². The van der Waals surface area contributed by atoms with Crippen molar-refractivity contribution in [3.63, 3.8) is 0 Å². The summed E-state index contributed by atoms with van der Waals surface area (Å²) in [5, 5.41) is 0. The second kappa shape index (κ2) is 6.98. The van der Waals surface area contributed by atoms with E-state index in [1.165, 1.54) is 0 Å². The van der Waals surface area contributed by atoms with E-state index in [4.69, 9.17) is 10.5 Å². The second-order valence-corrected chi connectivity index (χ2v) is 7.96. The van der Waals surface area contributed by atoms with Gasteiger partial charge in [-0.3, -0.25) is 0 Å². The van der Waals surface area contributed by atoms with Crippen molar-refractivity contribution in [3.05, 3.63) is 23.8 Å². The monoisotopic (exact) mass is 326 g/mol. The summed E-state index contributed by atoms with van der Waals surface area (Å²) in [5.74, 6) is 0.953. The molecule has 5 nitrogen and oxygen atoms in total. The zero-order valence-corrected chi connectivity index (χ0v) is 14.3. The van der Waals surface area contributed by atoms with Crippen molar-refractivity contribution in [2.24, 2.45) is 11.7 Å². The van der Waals surface area contributed by atoms with Gasteiger partial charge in [-0.05, 0) is 69.8 Å². The highest BCUT2D eigenvalue weighted by Crippen LogP contribution is 2.27. The standard InChI is InChI=1S/C16H26N2O3S/c1-11(2)21-16-8-7-14(9-12(16)3)22(19,20)18-15-6-4-5-13(15)10-17/h7-9,11,13,15,18H,4-6,10,17H2,1-3H3. The summed E-state index contributed by atoms with van der Waals surface area (Å²) in [4.78, 5) is 0.281. The summed E-state index contributed by atoms with van der Waals surface area (Å²) in [7, 11) is -3.52. The Morgan fingerprint density at radius 2 is 2.09 bits per heavy atom. The van der Waals surface area contributed by atoms with Crippen LogP contribution in [0.3, 0.4) is 0 Å². The minimum Gasteiger partial charge on any atom is -0.491 e. The number of sulfonamides is 1. The topological polar surface area (TPSA) is 81.4 Å². The summed E-state index contributed by atoms with van der Waals surface area (Å²) in [6.07, 6.45) is 2.93. The van der Waals surface area contributed by atoms with Gasteiger partial charge in [-0.1, -0.05) is 6.42 Å². The Kier molecular flexibility index (Phi) is 5.47. The van der Waals surface area contributed by atoms with Crippen molar-refractivity contribution in [2.45, 2.75) is 57.1 Å².